The highest BCUT2D eigenvalue weighted by atomic mass is 32.2. The number of nitrogens with two attached hydrogens (primary N) is 1. The van der Waals surface area contributed by atoms with Gasteiger partial charge in [-0.1, -0.05) is 0 Å². The molecule has 0 unspecified atom stereocenters. The number of sulfonamides is 1. The zero-order valence-electron chi connectivity index (χ0n) is 10.8. The second-order valence-electron chi connectivity index (χ2n) is 4.27. The molecule has 0 spiro atoms. The van der Waals surface area contributed by atoms with Crippen molar-refractivity contribution in [3.63, 3.8) is 0 Å². The summed E-state index contributed by atoms with van der Waals surface area (Å²) in [6, 6.07) is 10.3. The second-order valence-corrected chi connectivity index (χ2v) is 6.87. The normalized spacial score (nSPS) is 11.5. The zero-order chi connectivity index (χ0) is 14.9. The number of anilines is 2. The molecule has 0 aliphatic rings. The number of pyridine rings is 1. The number of rotatable bonds is 4. The van der Waals surface area contributed by atoms with Gasteiger partial charge < -0.3 is 5.43 Å². The maximum absolute atomic E-state index is 12.4. The third-order valence-electron chi connectivity index (χ3n) is 2.90. The summed E-state index contributed by atoms with van der Waals surface area (Å²) in [5.74, 6) is 5.40. The van der Waals surface area contributed by atoms with E-state index in [1.807, 2.05) is 17.5 Å². The van der Waals surface area contributed by atoms with E-state index in [9.17, 15) is 8.42 Å². The molecule has 6 nitrogen and oxygen atoms in total. The van der Waals surface area contributed by atoms with E-state index < -0.39 is 10.0 Å². The molecule has 2 heterocycles. The molecule has 0 fully saturated rings. The Morgan fingerprint density at radius 1 is 1.19 bits per heavy atom. The summed E-state index contributed by atoms with van der Waals surface area (Å²) >= 11 is 1.60. The highest BCUT2D eigenvalue weighted by molar-refractivity contribution is 7.92. The monoisotopic (exact) mass is 320 g/mol. The molecule has 2 aromatic heterocycles. The fraction of sp³-hybridized carbons (Fsp3) is 0. The number of hydrogen-bond acceptors (Lipinski definition) is 6. The zero-order valence-corrected chi connectivity index (χ0v) is 12.4. The van der Waals surface area contributed by atoms with Crippen LogP contribution in [0.5, 0.6) is 0 Å². The van der Waals surface area contributed by atoms with Gasteiger partial charge in [-0.15, -0.1) is 11.3 Å². The van der Waals surface area contributed by atoms with Crippen LogP contribution in [-0.2, 0) is 10.0 Å². The predicted molar refractivity (Wildman–Crippen MR) is 84.7 cm³/mol. The van der Waals surface area contributed by atoms with Gasteiger partial charge in [0.15, 0.2) is 5.82 Å². The number of nitrogens with one attached hydrogen (secondary N) is 2. The summed E-state index contributed by atoms with van der Waals surface area (Å²) in [5, 5.41) is 2.95. The Bertz CT molecular complexity index is 890. The van der Waals surface area contributed by atoms with Crippen LogP contribution in [0.4, 0.5) is 11.5 Å². The standard InChI is InChI=1S/C13H12N4O2S2/c14-16-13-12(2-1-6-15-13)21(18,19)17-10-3-4-11-9(8-10)5-7-20-11/h1-8,17H,14H2,(H,15,16). The topological polar surface area (TPSA) is 97.1 Å². The molecule has 0 radical (unpaired) electrons. The molecule has 8 heteroatoms. The molecule has 1 aromatic carbocycles. The van der Waals surface area contributed by atoms with Crippen LogP contribution < -0.4 is 16.0 Å². The fourth-order valence-electron chi connectivity index (χ4n) is 1.96. The Morgan fingerprint density at radius 2 is 2.05 bits per heavy atom. The molecule has 0 aliphatic carbocycles. The van der Waals surface area contributed by atoms with Crippen molar-refractivity contribution in [2.45, 2.75) is 4.90 Å². The average molecular weight is 320 g/mol. The molecule has 108 valence electrons. The molecular weight excluding hydrogens is 308 g/mol. The second kappa shape index (κ2) is 5.32. The van der Waals surface area contributed by atoms with Crippen LogP contribution in [0.15, 0.2) is 52.9 Å². The quantitative estimate of drug-likeness (QED) is 0.506. The van der Waals surface area contributed by atoms with Crippen LogP contribution in [0.1, 0.15) is 0 Å². The van der Waals surface area contributed by atoms with Gasteiger partial charge in [0, 0.05) is 16.6 Å². The minimum Gasteiger partial charge on any atom is -0.307 e. The third-order valence-corrected chi connectivity index (χ3v) is 5.21. The summed E-state index contributed by atoms with van der Waals surface area (Å²) in [6.07, 6.45) is 1.46. The highest BCUT2D eigenvalue weighted by Crippen LogP contribution is 2.26. The van der Waals surface area contributed by atoms with E-state index in [1.54, 1.807) is 23.5 Å². The van der Waals surface area contributed by atoms with Gasteiger partial charge in [-0.3, -0.25) is 4.72 Å². The van der Waals surface area contributed by atoms with Gasteiger partial charge in [-0.2, -0.15) is 0 Å². The predicted octanol–water partition coefficient (Wildman–Crippen LogP) is 2.38. The summed E-state index contributed by atoms with van der Waals surface area (Å²) in [7, 11) is -3.76. The molecule has 3 aromatic rings. The molecule has 0 bridgehead atoms. The Kier molecular flexibility index (Phi) is 3.50. The first-order chi connectivity index (χ1) is 10.1. The van der Waals surface area contributed by atoms with Crippen molar-refractivity contribution in [3.05, 3.63) is 48.0 Å². The first-order valence-corrected chi connectivity index (χ1v) is 8.38. The first-order valence-electron chi connectivity index (χ1n) is 6.02. The first kappa shape index (κ1) is 13.8. The Morgan fingerprint density at radius 3 is 2.86 bits per heavy atom. The third kappa shape index (κ3) is 2.68. The number of aromatic nitrogens is 1. The summed E-state index contributed by atoms with van der Waals surface area (Å²) < 4.78 is 28.5. The van der Waals surface area contributed by atoms with Gasteiger partial charge >= 0.3 is 0 Å². The lowest BCUT2D eigenvalue weighted by Crippen LogP contribution is -2.18. The number of nitrogen functional groups attached to an aromatic ring is 1. The van der Waals surface area contributed by atoms with E-state index in [-0.39, 0.29) is 10.7 Å². The summed E-state index contributed by atoms with van der Waals surface area (Å²) in [4.78, 5) is 3.89. The number of thiophene rings is 1. The maximum Gasteiger partial charge on any atom is 0.265 e. The van der Waals surface area contributed by atoms with Gasteiger partial charge in [0.1, 0.15) is 4.90 Å². The van der Waals surface area contributed by atoms with E-state index >= 15 is 0 Å². The van der Waals surface area contributed by atoms with E-state index in [0.29, 0.717) is 5.69 Å². The minimum absolute atomic E-state index is 0.00193. The maximum atomic E-state index is 12.4. The van der Waals surface area contributed by atoms with Gasteiger partial charge in [-0.25, -0.2) is 19.2 Å². The SMILES string of the molecule is NNc1ncccc1S(=O)(=O)Nc1ccc2sccc2c1. The van der Waals surface area contributed by atoms with Crippen LogP contribution in [0, 0.1) is 0 Å². The highest BCUT2D eigenvalue weighted by Gasteiger charge is 2.19. The molecule has 0 saturated carbocycles. The molecule has 21 heavy (non-hydrogen) atoms. The van der Waals surface area contributed by atoms with Crippen molar-refractivity contribution in [1.82, 2.24) is 4.98 Å². The van der Waals surface area contributed by atoms with Crippen molar-refractivity contribution in [3.8, 4) is 0 Å². The summed E-state index contributed by atoms with van der Waals surface area (Å²) in [6.45, 7) is 0. The lowest BCUT2D eigenvalue weighted by atomic mass is 10.2. The minimum atomic E-state index is -3.76. The smallest absolute Gasteiger partial charge is 0.265 e. The van der Waals surface area contributed by atoms with Crippen LogP contribution in [0.2, 0.25) is 0 Å². The van der Waals surface area contributed by atoms with E-state index in [0.717, 1.165) is 10.1 Å². The molecule has 0 saturated heterocycles. The number of fused-ring (bicyclic) bond motifs is 1. The molecule has 0 atom stereocenters. The number of benzene rings is 1. The van der Waals surface area contributed by atoms with Crippen molar-refractivity contribution < 1.29 is 8.42 Å². The van der Waals surface area contributed by atoms with Crippen molar-refractivity contribution >= 4 is 43.0 Å². The Hall–Kier alpha value is -2.16. The van der Waals surface area contributed by atoms with Crippen LogP contribution in [0.25, 0.3) is 10.1 Å². The average Bonchev–Trinajstić information content (AvgIpc) is 2.94. The van der Waals surface area contributed by atoms with E-state index in [1.165, 1.54) is 18.3 Å². The van der Waals surface area contributed by atoms with E-state index in [2.05, 4.69) is 15.1 Å². The number of hydrazine groups is 1. The van der Waals surface area contributed by atoms with E-state index in [4.69, 9.17) is 5.84 Å². The lowest BCUT2D eigenvalue weighted by Gasteiger charge is -2.11. The van der Waals surface area contributed by atoms with Gasteiger partial charge in [0.05, 0.1) is 0 Å². The molecule has 0 aliphatic heterocycles. The fourth-order valence-corrected chi connectivity index (χ4v) is 3.90. The number of hydrogen-bond donors (Lipinski definition) is 3. The van der Waals surface area contributed by atoms with Crippen LogP contribution in [-0.4, -0.2) is 13.4 Å². The molecule has 4 N–H and O–H groups in total. The molecule has 3 rings (SSSR count). The Labute approximate surface area is 125 Å². The van der Waals surface area contributed by atoms with Crippen molar-refractivity contribution in [1.29, 1.82) is 0 Å². The summed E-state index contributed by atoms with van der Waals surface area (Å²) in [5.41, 5.74) is 2.78. The van der Waals surface area contributed by atoms with Crippen molar-refractivity contribution in [2.24, 2.45) is 5.84 Å². The Balaban J connectivity index is 1.98. The van der Waals surface area contributed by atoms with Crippen LogP contribution >= 0.6 is 11.3 Å². The van der Waals surface area contributed by atoms with Crippen molar-refractivity contribution in [2.75, 3.05) is 10.1 Å². The number of nitrogens with zero attached hydrogens (tertiary/aromatic N) is 1. The molecule has 0 amide bonds. The largest absolute Gasteiger partial charge is 0.307 e. The van der Waals surface area contributed by atoms with Gasteiger partial charge in [0.25, 0.3) is 10.0 Å². The van der Waals surface area contributed by atoms with Gasteiger partial charge in [-0.05, 0) is 47.2 Å². The van der Waals surface area contributed by atoms with Crippen LogP contribution in [0.3, 0.4) is 0 Å². The lowest BCUT2D eigenvalue weighted by molar-refractivity contribution is 0.601. The molecular formula is C13H12N4O2S2. The van der Waals surface area contributed by atoms with Gasteiger partial charge in [0.2, 0.25) is 0 Å².